The van der Waals surface area contributed by atoms with Crippen LogP contribution in [0.1, 0.15) is 30.7 Å². The number of amides is 1. The molecule has 0 unspecified atom stereocenters. The van der Waals surface area contributed by atoms with Crippen LogP contribution in [0.3, 0.4) is 0 Å². The van der Waals surface area contributed by atoms with E-state index in [1.54, 1.807) is 0 Å². The van der Waals surface area contributed by atoms with Gasteiger partial charge in [0.2, 0.25) is 11.9 Å². The fourth-order valence-corrected chi connectivity index (χ4v) is 4.46. The first-order chi connectivity index (χ1) is 16.5. The largest absolute Gasteiger partial charge is 0.459 e. The number of anilines is 3. The van der Waals surface area contributed by atoms with Gasteiger partial charge in [0, 0.05) is 61.7 Å². The van der Waals surface area contributed by atoms with Gasteiger partial charge in [-0.25, -0.2) is 9.97 Å². The molecule has 0 atom stereocenters. The number of hydrogen-bond donors (Lipinski definition) is 1. The number of rotatable bonds is 5. The Morgan fingerprint density at radius 2 is 1.88 bits per heavy atom. The summed E-state index contributed by atoms with van der Waals surface area (Å²) in [6.07, 6.45) is 2.53. The number of nitrogens with one attached hydrogen (secondary N) is 1. The van der Waals surface area contributed by atoms with Crippen LogP contribution in [0.4, 0.5) is 17.3 Å². The van der Waals surface area contributed by atoms with E-state index in [0.717, 1.165) is 66.8 Å². The number of hydrogen-bond acceptors (Lipinski definition) is 7. The van der Waals surface area contributed by atoms with Crippen molar-refractivity contribution in [1.29, 1.82) is 0 Å². The van der Waals surface area contributed by atoms with Crippen molar-refractivity contribution < 1.29 is 13.9 Å². The molecule has 34 heavy (non-hydrogen) atoms. The first-order valence-electron chi connectivity index (χ1n) is 11.9. The minimum Gasteiger partial charge on any atom is -0.459 e. The number of aryl methyl sites for hydroxylation is 1. The molecule has 0 spiro atoms. The zero-order valence-corrected chi connectivity index (χ0v) is 20.0. The minimum atomic E-state index is -0.00593. The Bertz CT molecular complexity index is 1170. The zero-order chi connectivity index (χ0) is 23.7. The number of carbonyl (C=O) groups excluding carboxylic acids is 1. The first kappa shape index (κ1) is 22.4. The van der Waals surface area contributed by atoms with Gasteiger partial charge in [0.1, 0.15) is 11.5 Å². The third-order valence-electron chi connectivity index (χ3n) is 6.38. The number of benzene rings is 1. The Morgan fingerprint density at radius 1 is 1.12 bits per heavy atom. The summed E-state index contributed by atoms with van der Waals surface area (Å²) in [5.41, 5.74) is 4.87. The SMILES string of the molecule is Cc1cnc(Nc2ccc(N3CCOCC3)cc2)nc1-c1cc2c(o1)CCN(C(=O)C(C)C)C2. The van der Waals surface area contributed by atoms with E-state index in [4.69, 9.17) is 14.1 Å². The number of morpholine rings is 1. The molecular formula is C26H31N5O3. The maximum Gasteiger partial charge on any atom is 0.227 e. The Morgan fingerprint density at radius 3 is 2.62 bits per heavy atom. The van der Waals surface area contributed by atoms with Gasteiger partial charge in [-0.15, -0.1) is 0 Å². The second kappa shape index (κ2) is 9.46. The van der Waals surface area contributed by atoms with Crippen molar-refractivity contribution in [2.75, 3.05) is 43.1 Å². The predicted molar refractivity (Wildman–Crippen MR) is 131 cm³/mol. The summed E-state index contributed by atoms with van der Waals surface area (Å²) in [7, 11) is 0. The van der Waals surface area contributed by atoms with Crippen LogP contribution in [0.2, 0.25) is 0 Å². The number of carbonyl (C=O) groups is 1. The molecule has 0 aliphatic carbocycles. The van der Waals surface area contributed by atoms with Gasteiger partial charge in [-0.05, 0) is 42.8 Å². The smallest absolute Gasteiger partial charge is 0.227 e. The molecule has 0 saturated carbocycles. The number of nitrogens with zero attached hydrogens (tertiary/aromatic N) is 4. The van der Waals surface area contributed by atoms with Gasteiger partial charge in [0.25, 0.3) is 0 Å². The minimum absolute atomic E-state index is 0.00593. The molecule has 1 aromatic carbocycles. The van der Waals surface area contributed by atoms with Crippen LogP contribution in [0.5, 0.6) is 0 Å². The molecule has 0 radical (unpaired) electrons. The van der Waals surface area contributed by atoms with Crippen LogP contribution in [0.25, 0.3) is 11.5 Å². The van der Waals surface area contributed by atoms with Gasteiger partial charge >= 0.3 is 0 Å². The van der Waals surface area contributed by atoms with E-state index >= 15 is 0 Å². The monoisotopic (exact) mass is 461 g/mol. The molecule has 5 rings (SSSR count). The van der Waals surface area contributed by atoms with Crippen LogP contribution >= 0.6 is 0 Å². The molecular weight excluding hydrogens is 430 g/mol. The molecule has 2 aliphatic heterocycles. The molecule has 0 bridgehead atoms. The quantitative estimate of drug-likeness (QED) is 0.611. The van der Waals surface area contributed by atoms with Crippen LogP contribution in [-0.2, 0) is 22.5 Å². The average Bonchev–Trinajstić information content (AvgIpc) is 3.29. The van der Waals surface area contributed by atoms with Crippen molar-refractivity contribution >= 4 is 23.2 Å². The van der Waals surface area contributed by atoms with E-state index in [9.17, 15) is 4.79 Å². The predicted octanol–water partition coefficient (Wildman–Crippen LogP) is 4.17. The third kappa shape index (κ3) is 4.63. The maximum absolute atomic E-state index is 12.4. The lowest BCUT2D eigenvalue weighted by molar-refractivity contribution is -0.135. The number of furan rings is 1. The fourth-order valence-electron chi connectivity index (χ4n) is 4.46. The van der Waals surface area contributed by atoms with Crippen molar-refractivity contribution in [3.63, 3.8) is 0 Å². The summed E-state index contributed by atoms with van der Waals surface area (Å²) < 4.78 is 11.6. The average molecular weight is 462 g/mol. The van der Waals surface area contributed by atoms with Gasteiger partial charge in [0.05, 0.1) is 13.2 Å². The molecule has 1 N–H and O–H groups in total. The van der Waals surface area contributed by atoms with Crippen LogP contribution < -0.4 is 10.2 Å². The first-order valence-corrected chi connectivity index (χ1v) is 11.9. The van der Waals surface area contributed by atoms with Gasteiger partial charge in [0.15, 0.2) is 5.76 Å². The standard InChI is InChI=1S/C26H31N5O3/c1-17(2)25(32)31-9-8-22-19(16-31)14-23(34-22)24-18(3)15-27-26(29-24)28-20-4-6-21(7-5-20)30-10-12-33-13-11-30/h4-7,14-15,17H,8-13,16H2,1-3H3,(H,27,28,29). The summed E-state index contributed by atoms with van der Waals surface area (Å²) in [5, 5.41) is 3.31. The molecule has 2 aromatic heterocycles. The van der Waals surface area contributed by atoms with Gasteiger partial charge < -0.3 is 24.3 Å². The van der Waals surface area contributed by atoms with Gasteiger partial charge in [-0.2, -0.15) is 0 Å². The van der Waals surface area contributed by atoms with Crippen LogP contribution in [0, 0.1) is 12.8 Å². The zero-order valence-electron chi connectivity index (χ0n) is 20.0. The summed E-state index contributed by atoms with van der Waals surface area (Å²) in [6, 6.07) is 10.3. The normalized spacial score (nSPS) is 16.0. The molecule has 1 fully saturated rings. The molecule has 178 valence electrons. The number of ether oxygens (including phenoxy) is 1. The van der Waals surface area contributed by atoms with Crippen molar-refractivity contribution in [2.24, 2.45) is 5.92 Å². The third-order valence-corrected chi connectivity index (χ3v) is 6.38. The van der Waals surface area contributed by atoms with E-state index in [1.165, 1.54) is 5.69 Å². The molecule has 2 aliphatic rings. The van der Waals surface area contributed by atoms with Crippen molar-refractivity contribution in [3.05, 3.63) is 53.4 Å². The van der Waals surface area contributed by atoms with Crippen molar-refractivity contribution in [2.45, 2.75) is 33.7 Å². The van der Waals surface area contributed by atoms with Crippen LogP contribution in [-0.4, -0.2) is 53.6 Å². The van der Waals surface area contributed by atoms with E-state index in [-0.39, 0.29) is 11.8 Å². The highest BCUT2D eigenvalue weighted by Crippen LogP contribution is 2.31. The summed E-state index contributed by atoms with van der Waals surface area (Å²) in [5.74, 6) is 2.35. The summed E-state index contributed by atoms with van der Waals surface area (Å²) in [4.78, 5) is 25.9. The highest BCUT2D eigenvalue weighted by Gasteiger charge is 2.26. The summed E-state index contributed by atoms with van der Waals surface area (Å²) in [6.45, 7) is 10.5. The topological polar surface area (TPSA) is 83.7 Å². The Kier molecular flexibility index (Phi) is 6.24. The van der Waals surface area contributed by atoms with Crippen molar-refractivity contribution in [3.8, 4) is 11.5 Å². The molecule has 3 aromatic rings. The Labute approximate surface area is 199 Å². The second-order valence-electron chi connectivity index (χ2n) is 9.22. The number of fused-ring (bicyclic) bond motifs is 1. The summed E-state index contributed by atoms with van der Waals surface area (Å²) >= 11 is 0. The molecule has 8 heteroatoms. The Hall–Kier alpha value is -3.39. The van der Waals surface area contributed by atoms with E-state index in [0.29, 0.717) is 19.0 Å². The molecule has 1 saturated heterocycles. The highest BCUT2D eigenvalue weighted by molar-refractivity contribution is 5.78. The Balaban J connectivity index is 1.32. The van der Waals surface area contributed by atoms with Gasteiger partial charge in [-0.1, -0.05) is 13.8 Å². The molecule has 1 amide bonds. The van der Waals surface area contributed by atoms with E-state index < -0.39 is 0 Å². The lowest BCUT2D eigenvalue weighted by atomic mass is 10.1. The van der Waals surface area contributed by atoms with Crippen LogP contribution in [0.15, 0.2) is 40.9 Å². The van der Waals surface area contributed by atoms with Crippen molar-refractivity contribution in [1.82, 2.24) is 14.9 Å². The second-order valence-corrected chi connectivity index (χ2v) is 9.22. The molecule has 8 nitrogen and oxygen atoms in total. The highest BCUT2D eigenvalue weighted by atomic mass is 16.5. The van der Waals surface area contributed by atoms with E-state index in [1.807, 2.05) is 50.1 Å². The lowest BCUT2D eigenvalue weighted by Gasteiger charge is -2.28. The molecule has 4 heterocycles. The number of aromatic nitrogens is 2. The fraction of sp³-hybridized carbons (Fsp3) is 0.423. The van der Waals surface area contributed by atoms with E-state index in [2.05, 4.69) is 27.3 Å². The van der Waals surface area contributed by atoms with Gasteiger partial charge in [-0.3, -0.25) is 4.79 Å². The lowest BCUT2D eigenvalue weighted by Crippen LogP contribution is -2.37. The maximum atomic E-state index is 12.4.